The van der Waals surface area contributed by atoms with Crippen LogP contribution in [0, 0.1) is 0 Å². The molecule has 2 unspecified atom stereocenters. The van der Waals surface area contributed by atoms with Crippen LogP contribution in [0.4, 0.5) is 5.69 Å². The van der Waals surface area contributed by atoms with Crippen molar-refractivity contribution in [2.24, 2.45) is 5.73 Å². The van der Waals surface area contributed by atoms with Crippen molar-refractivity contribution in [1.82, 2.24) is 4.90 Å². The highest BCUT2D eigenvalue weighted by atomic mass is 79.9. The fourth-order valence-electron chi connectivity index (χ4n) is 2.94. The molecule has 0 bridgehead atoms. The van der Waals surface area contributed by atoms with Gasteiger partial charge in [-0.25, -0.2) is 0 Å². The van der Waals surface area contributed by atoms with E-state index in [2.05, 4.69) is 33.2 Å². The Bertz CT molecular complexity index is 564. The molecule has 5 nitrogen and oxygen atoms in total. The Kier molecular flexibility index (Phi) is 4.19. The fraction of sp³-hybridized carbons (Fsp3) is 0.533. The van der Waals surface area contributed by atoms with E-state index in [1.807, 2.05) is 12.1 Å². The number of piperidine rings is 1. The number of amides is 1. The summed E-state index contributed by atoms with van der Waals surface area (Å²) in [5.41, 5.74) is 7.40. The highest BCUT2D eigenvalue weighted by Gasteiger charge is 2.28. The van der Waals surface area contributed by atoms with E-state index < -0.39 is 6.04 Å². The lowest BCUT2D eigenvalue weighted by Crippen LogP contribution is -2.40. The summed E-state index contributed by atoms with van der Waals surface area (Å²) in [4.78, 5) is 14.0. The number of hydrogen-bond acceptors (Lipinski definition) is 4. The number of halogens is 1. The predicted molar refractivity (Wildman–Crippen MR) is 85.5 cm³/mol. The Morgan fingerprint density at radius 2 is 2.29 bits per heavy atom. The van der Waals surface area contributed by atoms with Crippen molar-refractivity contribution < 1.29 is 9.53 Å². The first-order valence-corrected chi connectivity index (χ1v) is 8.08. The van der Waals surface area contributed by atoms with Gasteiger partial charge in [-0.2, -0.15) is 0 Å². The number of carbonyl (C=O) groups excluding carboxylic acids is 1. The van der Waals surface area contributed by atoms with Gasteiger partial charge in [0.15, 0.2) is 0 Å². The van der Waals surface area contributed by atoms with Gasteiger partial charge < -0.3 is 20.7 Å². The van der Waals surface area contributed by atoms with Crippen LogP contribution in [0.15, 0.2) is 16.6 Å². The topological polar surface area (TPSA) is 67.6 Å². The lowest BCUT2D eigenvalue weighted by atomic mass is 10.0. The van der Waals surface area contributed by atoms with Gasteiger partial charge in [0.05, 0.1) is 4.47 Å². The minimum absolute atomic E-state index is 0.166. The molecule has 1 amide bonds. The number of benzene rings is 1. The average Bonchev–Trinajstić information content (AvgIpc) is 2.73. The van der Waals surface area contributed by atoms with Gasteiger partial charge in [0, 0.05) is 23.4 Å². The van der Waals surface area contributed by atoms with E-state index in [-0.39, 0.29) is 5.91 Å². The highest BCUT2D eigenvalue weighted by Crippen LogP contribution is 2.38. The molecular weight excluding hydrogens is 334 g/mol. The van der Waals surface area contributed by atoms with Crippen LogP contribution in [-0.4, -0.2) is 37.0 Å². The van der Waals surface area contributed by atoms with E-state index in [4.69, 9.17) is 10.5 Å². The van der Waals surface area contributed by atoms with Crippen LogP contribution in [0.1, 0.15) is 30.9 Å². The second kappa shape index (κ2) is 5.94. The fourth-order valence-corrected chi connectivity index (χ4v) is 3.41. The molecule has 1 saturated heterocycles. The van der Waals surface area contributed by atoms with Crippen molar-refractivity contribution in [3.63, 3.8) is 0 Å². The number of fused-ring (bicyclic) bond motifs is 1. The molecule has 3 N–H and O–H groups in total. The van der Waals surface area contributed by atoms with E-state index in [0.29, 0.717) is 12.6 Å². The predicted octanol–water partition coefficient (Wildman–Crippen LogP) is 2.26. The van der Waals surface area contributed by atoms with E-state index in [1.165, 1.54) is 19.3 Å². The maximum Gasteiger partial charge on any atom is 0.245 e. The molecule has 0 aromatic heterocycles. The molecule has 2 aliphatic rings. The Morgan fingerprint density at radius 1 is 1.48 bits per heavy atom. The van der Waals surface area contributed by atoms with E-state index in [1.54, 1.807) is 0 Å². The Morgan fingerprint density at radius 3 is 3.05 bits per heavy atom. The van der Waals surface area contributed by atoms with Crippen LogP contribution in [0.5, 0.6) is 5.75 Å². The molecule has 1 aromatic rings. The molecule has 2 atom stereocenters. The van der Waals surface area contributed by atoms with Crippen LogP contribution in [-0.2, 0) is 4.79 Å². The first kappa shape index (κ1) is 14.8. The van der Waals surface area contributed by atoms with Crippen molar-refractivity contribution in [3.05, 3.63) is 22.2 Å². The minimum atomic E-state index is -0.588. The number of rotatable bonds is 3. The first-order valence-electron chi connectivity index (χ1n) is 7.29. The van der Waals surface area contributed by atoms with Gasteiger partial charge in [-0.15, -0.1) is 0 Å². The maximum absolute atomic E-state index is 11.6. The zero-order valence-corrected chi connectivity index (χ0v) is 13.6. The molecule has 0 saturated carbocycles. The maximum atomic E-state index is 11.6. The third kappa shape index (κ3) is 2.93. The molecule has 21 heavy (non-hydrogen) atoms. The third-order valence-corrected chi connectivity index (χ3v) is 4.95. The average molecular weight is 354 g/mol. The van der Waals surface area contributed by atoms with Crippen LogP contribution >= 0.6 is 15.9 Å². The van der Waals surface area contributed by atoms with Crippen molar-refractivity contribution in [1.29, 1.82) is 0 Å². The summed E-state index contributed by atoms with van der Waals surface area (Å²) in [7, 11) is 2.14. The Hall–Kier alpha value is -1.11. The summed E-state index contributed by atoms with van der Waals surface area (Å²) < 4.78 is 6.80. The largest absolute Gasteiger partial charge is 0.491 e. The second-order valence-electron chi connectivity index (χ2n) is 5.78. The van der Waals surface area contributed by atoms with Gasteiger partial charge in [-0.3, -0.25) is 4.79 Å². The highest BCUT2D eigenvalue weighted by molar-refractivity contribution is 9.10. The van der Waals surface area contributed by atoms with Gasteiger partial charge in [-0.1, -0.05) is 6.42 Å². The summed E-state index contributed by atoms with van der Waals surface area (Å²) in [5.74, 6) is 0.586. The normalized spacial score (nSPS) is 25.6. The molecule has 0 spiro atoms. The number of hydrogen-bond donors (Lipinski definition) is 2. The third-order valence-electron chi connectivity index (χ3n) is 4.33. The summed E-state index contributed by atoms with van der Waals surface area (Å²) in [5, 5.41) is 2.79. The molecule has 0 aliphatic carbocycles. The lowest BCUT2D eigenvalue weighted by molar-refractivity contribution is -0.116. The first-order chi connectivity index (χ1) is 10.1. The quantitative estimate of drug-likeness (QED) is 0.874. The summed E-state index contributed by atoms with van der Waals surface area (Å²) in [6.07, 6.45) is 3.69. The molecular formula is C15H20BrN3O2. The molecule has 2 heterocycles. The Labute approximate surface area is 132 Å². The number of carbonyl (C=O) groups is 1. The van der Waals surface area contributed by atoms with Gasteiger partial charge in [0.1, 0.15) is 18.4 Å². The van der Waals surface area contributed by atoms with E-state index >= 15 is 0 Å². The Balaban J connectivity index is 1.72. The van der Waals surface area contributed by atoms with Crippen molar-refractivity contribution in [2.75, 3.05) is 25.5 Å². The number of ether oxygens (including phenoxy) is 1. The minimum Gasteiger partial charge on any atom is -0.491 e. The van der Waals surface area contributed by atoms with Gasteiger partial charge in [0.25, 0.3) is 0 Å². The summed E-state index contributed by atoms with van der Waals surface area (Å²) >= 11 is 3.50. The smallest absolute Gasteiger partial charge is 0.245 e. The number of nitrogens with two attached hydrogens (primary N) is 1. The number of likely N-dealkylation sites (N-methyl/N-ethyl adjacent to an activating group) is 1. The van der Waals surface area contributed by atoms with Crippen molar-refractivity contribution in [2.45, 2.75) is 31.3 Å². The van der Waals surface area contributed by atoms with Crippen LogP contribution in [0.2, 0.25) is 0 Å². The van der Waals surface area contributed by atoms with E-state index in [9.17, 15) is 4.79 Å². The molecule has 6 heteroatoms. The van der Waals surface area contributed by atoms with Crippen LogP contribution in [0.3, 0.4) is 0 Å². The van der Waals surface area contributed by atoms with Crippen molar-refractivity contribution in [3.8, 4) is 5.75 Å². The number of likely N-dealkylation sites (tertiary alicyclic amines) is 1. The molecule has 0 radical (unpaired) electrons. The van der Waals surface area contributed by atoms with Crippen LogP contribution < -0.4 is 15.8 Å². The number of anilines is 1. The zero-order valence-electron chi connectivity index (χ0n) is 12.1. The molecule has 114 valence electrons. The zero-order chi connectivity index (χ0) is 15.0. The molecule has 2 aliphatic heterocycles. The van der Waals surface area contributed by atoms with Gasteiger partial charge >= 0.3 is 0 Å². The lowest BCUT2D eigenvalue weighted by Gasteiger charge is -2.32. The van der Waals surface area contributed by atoms with Gasteiger partial charge in [-0.05, 0) is 48.4 Å². The number of nitrogens with zero attached hydrogens (tertiary/aromatic N) is 1. The number of nitrogens with one attached hydrogen (secondary N) is 1. The summed E-state index contributed by atoms with van der Waals surface area (Å²) in [6, 6.07) is 3.59. The molecule has 1 fully saturated rings. The molecule has 1 aromatic carbocycles. The van der Waals surface area contributed by atoms with Crippen molar-refractivity contribution >= 4 is 27.5 Å². The molecule has 3 rings (SSSR count). The van der Waals surface area contributed by atoms with Crippen LogP contribution in [0.25, 0.3) is 0 Å². The van der Waals surface area contributed by atoms with E-state index in [0.717, 1.165) is 28.0 Å². The second-order valence-corrected chi connectivity index (χ2v) is 6.63. The standard InChI is InChI=1S/C15H20BrN3O2/c1-19-5-3-2-4-9(19)8-21-13-7-12-10(6-11(13)16)14(17)15(20)18-12/h6-7,9,14H,2-5,8,17H2,1H3,(H,18,20). The SMILES string of the molecule is CN1CCCCC1COc1cc2c(cc1Br)C(N)C(=O)N2. The monoisotopic (exact) mass is 353 g/mol. The van der Waals surface area contributed by atoms with Gasteiger partial charge in [0.2, 0.25) is 5.91 Å². The summed E-state index contributed by atoms with van der Waals surface area (Å²) in [6.45, 7) is 1.79.